The summed E-state index contributed by atoms with van der Waals surface area (Å²) in [6.45, 7) is 2.18. The van der Waals surface area contributed by atoms with Crippen molar-refractivity contribution in [2.24, 2.45) is 0 Å². The third-order valence-corrected chi connectivity index (χ3v) is 3.96. The van der Waals surface area contributed by atoms with Crippen LogP contribution in [0.15, 0.2) is 47.6 Å². The molecule has 0 spiro atoms. The van der Waals surface area contributed by atoms with Crippen LogP contribution in [0.25, 0.3) is 0 Å². The van der Waals surface area contributed by atoms with Crippen LogP contribution < -0.4 is 8.92 Å². The van der Waals surface area contributed by atoms with Crippen LogP contribution in [0.5, 0.6) is 11.5 Å². The number of aromatic nitrogens is 1. The molecule has 0 aliphatic heterocycles. The predicted molar refractivity (Wildman–Crippen MR) is 80.4 cm³/mol. The number of hydrogen-bond donors (Lipinski definition) is 1. The lowest BCUT2D eigenvalue weighted by Gasteiger charge is -2.10. The van der Waals surface area contributed by atoms with Gasteiger partial charge in [-0.2, -0.15) is 8.42 Å². The number of benzene rings is 1. The van der Waals surface area contributed by atoms with E-state index in [1.807, 2.05) is 6.92 Å². The van der Waals surface area contributed by atoms with Crippen molar-refractivity contribution in [2.45, 2.75) is 18.2 Å². The van der Waals surface area contributed by atoms with Crippen LogP contribution in [-0.4, -0.2) is 31.7 Å². The Morgan fingerprint density at radius 3 is 2.68 bits per heavy atom. The Balaban J connectivity index is 2.19. The maximum absolute atomic E-state index is 12.1. The molecule has 0 amide bonds. The summed E-state index contributed by atoms with van der Waals surface area (Å²) in [5.74, 6) is 0.660. The van der Waals surface area contributed by atoms with Gasteiger partial charge in [0.25, 0.3) is 0 Å². The number of rotatable bonds is 7. The van der Waals surface area contributed by atoms with Gasteiger partial charge in [0.2, 0.25) is 0 Å². The van der Waals surface area contributed by atoms with Crippen LogP contribution in [0, 0.1) is 6.92 Å². The molecular weight excluding hydrogens is 306 g/mol. The Kier molecular flexibility index (Phi) is 5.35. The highest BCUT2D eigenvalue weighted by molar-refractivity contribution is 7.87. The Morgan fingerprint density at radius 1 is 1.23 bits per heavy atom. The molecule has 1 heterocycles. The molecule has 0 atom stereocenters. The van der Waals surface area contributed by atoms with Gasteiger partial charge in [-0.3, -0.25) is 4.98 Å². The zero-order chi connectivity index (χ0) is 16.0. The Hall–Kier alpha value is -2.12. The second-order valence-electron chi connectivity index (χ2n) is 4.63. The van der Waals surface area contributed by atoms with E-state index in [-0.39, 0.29) is 17.3 Å². The van der Waals surface area contributed by atoms with Gasteiger partial charge in [0.1, 0.15) is 16.4 Å². The SMILES string of the molecule is Cc1cc(OCCCO)cc(OS(=O)(=O)c2cccnc2)c1. The molecule has 0 bridgehead atoms. The maximum atomic E-state index is 12.1. The second-order valence-corrected chi connectivity index (χ2v) is 6.18. The van der Waals surface area contributed by atoms with Gasteiger partial charge < -0.3 is 14.0 Å². The first-order valence-electron chi connectivity index (χ1n) is 6.71. The summed E-state index contributed by atoms with van der Waals surface area (Å²) in [6.07, 6.45) is 3.21. The minimum Gasteiger partial charge on any atom is -0.493 e. The molecule has 1 N–H and O–H groups in total. The molecule has 0 fully saturated rings. The van der Waals surface area contributed by atoms with Crippen molar-refractivity contribution in [1.29, 1.82) is 0 Å². The molecule has 0 saturated carbocycles. The molecule has 0 aliphatic rings. The van der Waals surface area contributed by atoms with E-state index in [1.165, 1.54) is 30.6 Å². The van der Waals surface area contributed by atoms with Crippen LogP contribution in [0.1, 0.15) is 12.0 Å². The molecular formula is C15H17NO5S. The summed E-state index contributed by atoms with van der Waals surface area (Å²) in [7, 11) is -3.93. The van der Waals surface area contributed by atoms with Gasteiger partial charge in [-0.05, 0) is 36.8 Å². The van der Waals surface area contributed by atoms with E-state index < -0.39 is 10.1 Å². The van der Waals surface area contributed by atoms with Crippen LogP contribution in [-0.2, 0) is 10.1 Å². The molecule has 0 saturated heterocycles. The van der Waals surface area contributed by atoms with Crippen molar-refractivity contribution in [1.82, 2.24) is 4.98 Å². The predicted octanol–water partition coefficient (Wildman–Crippen LogP) is 1.92. The quantitative estimate of drug-likeness (QED) is 0.619. The summed E-state index contributed by atoms with van der Waals surface area (Å²) in [5.41, 5.74) is 0.804. The van der Waals surface area contributed by atoms with Gasteiger partial charge >= 0.3 is 10.1 Å². The molecule has 0 aliphatic carbocycles. The molecule has 2 rings (SSSR count). The van der Waals surface area contributed by atoms with Gasteiger partial charge in [-0.25, -0.2) is 0 Å². The van der Waals surface area contributed by atoms with Crippen molar-refractivity contribution in [3.8, 4) is 11.5 Å². The number of nitrogens with zero attached hydrogens (tertiary/aromatic N) is 1. The van der Waals surface area contributed by atoms with Gasteiger partial charge in [0.15, 0.2) is 0 Å². The molecule has 1 aromatic heterocycles. The summed E-state index contributed by atoms with van der Waals surface area (Å²) in [4.78, 5) is 3.76. The van der Waals surface area contributed by atoms with Gasteiger partial charge in [-0.15, -0.1) is 0 Å². The maximum Gasteiger partial charge on any atom is 0.340 e. The first-order valence-corrected chi connectivity index (χ1v) is 8.12. The van der Waals surface area contributed by atoms with E-state index in [1.54, 1.807) is 12.1 Å². The van der Waals surface area contributed by atoms with Crippen molar-refractivity contribution >= 4 is 10.1 Å². The second kappa shape index (κ2) is 7.24. The number of aliphatic hydroxyl groups is 1. The molecule has 0 radical (unpaired) electrons. The van der Waals surface area contributed by atoms with E-state index >= 15 is 0 Å². The molecule has 2 aromatic rings. The summed E-state index contributed by atoms with van der Waals surface area (Å²) < 4.78 is 34.9. The van der Waals surface area contributed by atoms with Crippen molar-refractivity contribution in [3.63, 3.8) is 0 Å². The normalized spacial score (nSPS) is 11.2. The van der Waals surface area contributed by atoms with Crippen LogP contribution in [0.3, 0.4) is 0 Å². The fourth-order valence-electron chi connectivity index (χ4n) is 1.77. The average Bonchev–Trinajstić information content (AvgIpc) is 2.47. The topological polar surface area (TPSA) is 85.7 Å². The number of hydrogen-bond acceptors (Lipinski definition) is 6. The van der Waals surface area contributed by atoms with E-state index in [9.17, 15) is 8.42 Å². The van der Waals surface area contributed by atoms with Crippen LogP contribution in [0.4, 0.5) is 0 Å². The minimum atomic E-state index is -3.93. The summed E-state index contributed by atoms with van der Waals surface area (Å²) in [5, 5.41) is 8.74. The van der Waals surface area contributed by atoms with E-state index in [2.05, 4.69) is 4.98 Å². The van der Waals surface area contributed by atoms with Crippen LogP contribution >= 0.6 is 0 Å². The zero-order valence-electron chi connectivity index (χ0n) is 12.1. The summed E-state index contributed by atoms with van der Waals surface area (Å²) in [6, 6.07) is 7.80. The standard InChI is InChI=1S/C15H17NO5S/c1-12-8-13(20-7-3-6-17)10-14(9-12)21-22(18,19)15-4-2-5-16-11-15/h2,4-5,8-11,17H,3,6-7H2,1H3. The Labute approximate surface area is 129 Å². The smallest absolute Gasteiger partial charge is 0.340 e. The molecule has 22 heavy (non-hydrogen) atoms. The van der Waals surface area contributed by atoms with E-state index in [0.29, 0.717) is 18.8 Å². The lowest BCUT2D eigenvalue weighted by molar-refractivity contribution is 0.233. The van der Waals surface area contributed by atoms with E-state index in [4.69, 9.17) is 14.0 Å². The Morgan fingerprint density at radius 2 is 2.00 bits per heavy atom. The van der Waals surface area contributed by atoms with Crippen molar-refractivity contribution < 1.29 is 22.4 Å². The average molecular weight is 323 g/mol. The number of pyridine rings is 1. The minimum absolute atomic E-state index is 0.0146. The van der Waals surface area contributed by atoms with Crippen LogP contribution in [0.2, 0.25) is 0 Å². The van der Waals surface area contributed by atoms with Gasteiger partial charge in [0.05, 0.1) is 6.61 Å². The number of aliphatic hydroxyl groups excluding tert-OH is 1. The fraction of sp³-hybridized carbons (Fsp3) is 0.267. The molecule has 7 heteroatoms. The number of ether oxygens (including phenoxy) is 1. The van der Waals surface area contributed by atoms with Crippen molar-refractivity contribution in [3.05, 3.63) is 48.3 Å². The number of aryl methyl sites for hydroxylation is 1. The lowest BCUT2D eigenvalue weighted by atomic mass is 10.2. The Bertz CT molecular complexity index is 716. The lowest BCUT2D eigenvalue weighted by Crippen LogP contribution is -2.10. The monoisotopic (exact) mass is 323 g/mol. The molecule has 1 aromatic carbocycles. The first-order chi connectivity index (χ1) is 10.5. The first kappa shape index (κ1) is 16.3. The highest BCUT2D eigenvalue weighted by Gasteiger charge is 2.17. The highest BCUT2D eigenvalue weighted by atomic mass is 32.2. The van der Waals surface area contributed by atoms with Gasteiger partial charge in [0, 0.05) is 31.5 Å². The largest absolute Gasteiger partial charge is 0.493 e. The summed E-state index contributed by atoms with van der Waals surface area (Å²) >= 11 is 0. The van der Waals surface area contributed by atoms with Gasteiger partial charge in [-0.1, -0.05) is 0 Å². The highest BCUT2D eigenvalue weighted by Crippen LogP contribution is 2.25. The fourth-order valence-corrected chi connectivity index (χ4v) is 2.65. The third-order valence-electron chi connectivity index (χ3n) is 2.72. The third kappa shape index (κ3) is 4.44. The van der Waals surface area contributed by atoms with E-state index in [0.717, 1.165) is 5.56 Å². The molecule has 6 nitrogen and oxygen atoms in total. The molecule has 0 unspecified atom stereocenters. The molecule has 118 valence electrons. The van der Waals surface area contributed by atoms with Crippen molar-refractivity contribution in [2.75, 3.05) is 13.2 Å². The zero-order valence-corrected chi connectivity index (χ0v) is 12.9.